The molecule has 9 nitrogen and oxygen atoms in total. The summed E-state index contributed by atoms with van der Waals surface area (Å²) in [5.74, 6) is -0.233. The Morgan fingerprint density at radius 2 is 0.733 bits per heavy atom. The van der Waals surface area contributed by atoms with E-state index >= 15 is 0 Å². The van der Waals surface area contributed by atoms with E-state index < -0.39 is 49.5 Å². The Morgan fingerprint density at radius 3 is 1.12 bits per heavy atom. The zero-order chi connectivity index (χ0) is 62.1. The van der Waals surface area contributed by atoms with E-state index in [0.717, 1.165) is 96.3 Å². The summed E-state index contributed by atoms with van der Waals surface area (Å²) >= 11 is 0. The van der Waals surface area contributed by atoms with Crippen molar-refractivity contribution in [2.45, 2.75) is 320 Å². The molecule has 0 aromatic heterocycles. The number of nitrogens with one attached hydrogen (secondary N) is 1. The van der Waals surface area contributed by atoms with Crippen LogP contribution in [0.25, 0.3) is 0 Å². The maximum atomic E-state index is 13.1. The van der Waals surface area contributed by atoms with Crippen molar-refractivity contribution in [2.75, 3.05) is 13.2 Å². The van der Waals surface area contributed by atoms with Gasteiger partial charge in [-0.25, -0.2) is 0 Å². The minimum atomic E-state index is -1.59. The number of amides is 1. The molecule has 0 spiro atoms. The molecule has 1 aliphatic rings. The first-order valence-electron chi connectivity index (χ1n) is 35.1. The number of carbonyl (C=O) groups excluding carboxylic acids is 1. The van der Waals surface area contributed by atoms with E-state index in [0.29, 0.717) is 6.42 Å². The first kappa shape index (κ1) is 80.1. The molecular formula is C77H129NO8. The first-order valence-corrected chi connectivity index (χ1v) is 35.1. The fourth-order valence-electron chi connectivity index (χ4n) is 10.2. The topological polar surface area (TPSA) is 149 Å². The minimum Gasteiger partial charge on any atom is -0.394 e. The van der Waals surface area contributed by atoms with Gasteiger partial charge in [-0.05, 0) is 109 Å². The van der Waals surface area contributed by atoms with Crippen LogP contribution in [0.4, 0.5) is 0 Å². The predicted molar refractivity (Wildman–Crippen MR) is 368 cm³/mol. The lowest BCUT2D eigenvalue weighted by atomic mass is 9.99. The molecule has 6 N–H and O–H groups in total. The fourth-order valence-corrected chi connectivity index (χ4v) is 10.2. The standard InChI is InChI=1S/C77H129NO8/c1-3-5-7-9-11-13-15-17-19-21-23-25-27-29-31-33-35-36-37-39-41-43-45-47-49-51-53-55-57-59-61-63-65-67-73(81)78-70(69-85-77-76(84)75(83)74(82)72(68-79)86-77)71(80)66-64-62-60-58-56-54-52-50-48-46-44-42-40-38-34-32-30-28-26-24-22-20-18-16-14-12-10-8-6-4-2/h5,7,11,13,17,19,23,25,29,31,35-36,39,41,45,47,51,53,56-59,64,66,70-72,74-77,79-80,82-84H,3-4,6,8-10,12,14-16,18,20-22,24,26-28,30,32-34,37-38,40,42-44,46,48-50,52,54-55,60-63,65,67-69H2,1-2H3,(H,78,81)/b7-5-,13-11-,19-17-,25-23-,31-29-,36-35-,41-39-,47-45-,53-51-,58-56+,59-57-,66-64+. The van der Waals surface area contributed by atoms with Gasteiger partial charge in [0.15, 0.2) is 6.29 Å². The molecule has 1 amide bonds. The second-order valence-electron chi connectivity index (χ2n) is 23.6. The predicted octanol–water partition coefficient (Wildman–Crippen LogP) is 19.4. The third-order valence-electron chi connectivity index (χ3n) is 15.6. The summed E-state index contributed by atoms with van der Waals surface area (Å²) in [6, 6.07) is -0.859. The lowest BCUT2D eigenvalue weighted by molar-refractivity contribution is -0.302. The number of unbranched alkanes of at least 4 members (excludes halogenated alkanes) is 27. The fraction of sp³-hybridized carbons (Fsp3) is 0.675. The minimum absolute atomic E-state index is 0.228. The van der Waals surface area contributed by atoms with Crippen LogP contribution in [-0.2, 0) is 14.3 Å². The highest BCUT2D eigenvalue weighted by Crippen LogP contribution is 2.23. The summed E-state index contributed by atoms with van der Waals surface area (Å²) in [7, 11) is 0. The first-order chi connectivity index (χ1) is 42.3. The molecule has 86 heavy (non-hydrogen) atoms. The Kier molecular flexibility index (Phi) is 59.7. The number of hydrogen-bond acceptors (Lipinski definition) is 8. The molecular weight excluding hydrogens is 1070 g/mol. The average Bonchev–Trinajstić information content (AvgIpc) is 2.60. The van der Waals surface area contributed by atoms with Crippen LogP contribution in [0.5, 0.6) is 0 Å². The zero-order valence-electron chi connectivity index (χ0n) is 54.8. The summed E-state index contributed by atoms with van der Waals surface area (Å²) in [5.41, 5.74) is 0. The third kappa shape index (κ3) is 52.1. The quantitative estimate of drug-likeness (QED) is 0.0261. The lowest BCUT2D eigenvalue weighted by Gasteiger charge is -2.40. The van der Waals surface area contributed by atoms with Crippen LogP contribution in [0.15, 0.2) is 146 Å². The largest absolute Gasteiger partial charge is 0.394 e. The van der Waals surface area contributed by atoms with Crippen molar-refractivity contribution in [1.29, 1.82) is 0 Å². The molecule has 7 atom stereocenters. The smallest absolute Gasteiger partial charge is 0.220 e. The van der Waals surface area contributed by atoms with Crippen LogP contribution < -0.4 is 5.32 Å². The van der Waals surface area contributed by atoms with Gasteiger partial charge in [0.25, 0.3) is 0 Å². The van der Waals surface area contributed by atoms with Gasteiger partial charge in [0.1, 0.15) is 24.4 Å². The molecule has 0 aromatic rings. The number of ether oxygens (including phenoxy) is 2. The summed E-state index contributed by atoms with van der Waals surface area (Å²) in [4.78, 5) is 13.1. The molecule has 1 heterocycles. The van der Waals surface area contributed by atoms with Crippen molar-refractivity contribution in [1.82, 2.24) is 5.32 Å². The summed E-state index contributed by atoms with van der Waals surface area (Å²) in [6.07, 6.45) is 92.4. The molecule has 0 saturated carbocycles. The number of allylic oxidation sites excluding steroid dienone is 23. The van der Waals surface area contributed by atoms with Crippen LogP contribution in [-0.4, -0.2) is 87.5 Å². The SMILES string of the molecule is CC/C=C\C/C=C\C/C=C\C/C=C\C/C=C\C/C=C\C/C=C\C/C=C\C/C=C\C/C=C\CCCCC(=O)NC(COC1OC(CO)C(O)C(O)C1O)C(O)/C=C/CC/C=C/CCCCCCCCCCCCCCCCCCCCCCCCCC. The van der Waals surface area contributed by atoms with E-state index in [4.69, 9.17) is 9.47 Å². The van der Waals surface area contributed by atoms with Gasteiger partial charge in [-0.15, -0.1) is 0 Å². The van der Waals surface area contributed by atoms with Crippen molar-refractivity contribution in [3.63, 3.8) is 0 Å². The molecule has 0 radical (unpaired) electrons. The van der Waals surface area contributed by atoms with E-state index in [1.807, 2.05) is 6.08 Å². The van der Waals surface area contributed by atoms with Gasteiger partial charge in [-0.2, -0.15) is 0 Å². The van der Waals surface area contributed by atoms with Gasteiger partial charge < -0.3 is 40.3 Å². The van der Waals surface area contributed by atoms with Gasteiger partial charge in [-0.3, -0.25) is 4.79 Å². The van der Waals surface area contributed by atoms with E-state index in [2.05, 4.69) is 153 Å². The Hall–Kier alpha value is -3.93. The van der Waals surface area contributed by atoms with Gasteiger partial charge in [0, 0.05) is 6.42 Å². The van der Waals surface area contributed by atoms with Crippen molar-refractivity contribution in [2.24, 2.45) is 0 Å². The Balaban J connectivity index is 2.23. The lowest BCUT2D eigenvalue weighted by Crippen LogP contribution is -2.60. The van der Waals surface area contributed by atoms with Crippen molar-refractivity contribution < 1.29 is 39.8 Å². The molecule has 0 bridgehead atoms. The second kappa shape index (κ2) is 64.1. The van der Waals surface area contributed by atoms with Crippen molar-refractivity contribution in [3.05, 3.63) is 146 Å². The number of aliphatic hydroxyl groups excluding tert-OH is 5. The second-order valence-corrected chi connectivity index (χ2v) is 23.6. The molecule has 490 valence electrons. The van der Waals surface area contributed by atoms with Gasteiger partial charge in [0.05, 0.1) is 25.4 Å². The molecule has 0 aliphatic carbocycles. The molecule has 1 fully saturated rings. The normalized spacial score (nSPS) is 19.0. The number of aliphatic hydroxyl groups is 5. The molecule has 1 aliphatic heterocycles. The van der Waals surface area contributed by atoms with E-state index in [1.165, 1.54) is 154 Å². The van der Waals surface area contributed by atoms with E-state index in [-0.39, 0.29) is 18.9 Å². The molecule has 7 unspecified atom stereocenters. The maximum Gasteiger partial charge on any atom is 0.220 e. The highest BCUT2D eigenvalue weighted by atomic mass is 16.7. The number of carbonyl (C=O) groups is 1. The van der Waals surface area contributed by atoms with Crippen LogP contribution >= 0.6 is 0 Å². The van der Waals surface area contributed by atoms with Gasteiger partial charge in [-0.1, -0.05) is 307 Å². The van der Waals surface area contributed by atoms with Crippen LogP contribution in [0, 0.1) is 0 Å². The molecule has 9 heteroatoms. The highest BCUT2D eigenvalue weighted by molar-refractivity contribution is 5.76. The van der Waals surface area contributed by atoms with Gasteiger partial charge in [0.2, 0.25) is 5.91 Å². The third-order valence-corrected chi connectivity index (χ3v) is 15.6. The van der Waals surface area contributed by atoms with Crippen LogP contribution in [0.3, 0.4) is 0 Å². The molecule has 1 rings (SSSR count). The van der Waals surface area contributed by atoms with Crippen molar-refractivity contribution >= 4 is 5.91 Å². The van der Waals surface area contributed by atoms with Crippen molar-refractivity contribution in [3.8, 4) is 0 Å². The zero-order valence-corrected chi connectivity index (χ0v) is 54.8. The van der Waals surface area contributed by atoms with Gasteiger partial charge >= 0.3 is 0 Å². The molecule has 0 aromatic carbocycles. The van der Waals surface area contributed by atoms with Crippen LogP contribution in [0.2, 0.25) is 0 Å². The summed E-state index contributed by atoms with van der Waals surface area (Å²) < 4.78 is 11.3. The Bertz CT molecular complexity index is 1870. The highest BCUT2D eigenvalue weighted by Gasteiger charge is 2.44. The average molecular weight is 1200 g/mol. The molecule has 1 saturated heterocycles. The van der Waals surface area contributed by atoms with E-state index in [1.54, 1.807) is 6.08 Å². The van der Waals surface area contributed by atoms with Crippen LogP contribution in [0.1, 0.15) is 277 Å². The maximum absolute atomic E-state index is 13.1. The monoisotopic (exact) mass is 1200 g/mol. The van der Waals surface area contributed by atoms with E-state index in [9.17, 15) is 30.3 Å². The Morgan fingerprint density at radius 1 is 0.407 bits per heavy atom. The summed E-state index contributed by atoms with van der Waals surface area (Å²) in [6.45, 7) is 3.64. The number of rotatable bonds is 59. The summed E-state index contributed by atoms with van der Waals surface area (Å²) in [5, 5.41) is 54.7. The Labute approximate surface area is 527 Å². The number of hydrogen-bond donors (Lipinski definition) is 6.